The Hall–Kier alpha value is -1.73. The van der Waals surface area contributed by atoms with Gasteiger partial charge in [0.1, 0.15) is 0 Å². The molecule has 0 amide bonds. The Kier molecular flexibility index (Phi) is 2.19. The first-order chi connectivity index (χ1) is 7.88. The monoisotopic (exact) mass is 216 g/mol. The van der Waals surface area contributed by atoms with E-state index in [-0.39, 0.29) is 11.8 Å². The molecule has 2 atom stereocenters. The van der Waals surface area contributed by atoms with Crippen LogP contribution in [0.5, 0.6) is 11.5 Å². The van der Waals surface area contributed by atoms with Crippen molar-refractivity contribution in [2.45, 2.75) is 5.92 Å². The lowest BCUT2D eigenvalue weighted by Crippen LogP contribution is -2.08. The average molecular weight is 216 g/mol. The number of hydrogen-bond donors (Lipinski definition) is 1. The molecule has 1 N–H and O–H groups in total. The topological polar surface area (TPSA) is 54.3 Å². The fraction of sp³-hybridized carbons (Fsp3) is 0.417. The number of hydrogen-bond acceptors (Lipinski definition) is 4. The van der Waals surface area contributed by atoms with Gasteiger partial charge in [0.05, 0.1) is 12.0 Å². The molecule has 1 fully saturated rings. The molecule has 82 valence electrons. The van der Waals surface area contributed by atoms with E-state index in [1.807, 2.05) is 18.2 Å². The maximum atomic E-state index is 9.05. The molecule has 3 rings (SSSR count). The fourth-order valence-corrected chi connectivity index (χ4v) is 2.31. The van der Waals surface area contributed by atoms with Gasteiger partial charge in [0.2, 0.25) is 6.79 Å². The second-order valence-corrected chi connectivity index (χ2v) is 4.11. The molecule has 1 aromatic carbocycles. The highest BCUT2D eigenvalue weighted by molar-refractivity contribution is 5.46. The number of benzene rings is 1. The number of rotatable bonds is 1. The summed E-state index contributed by atoms with van der Waals surface area (Å²) in [6.45, 7) is 1.93. The van der Waals surface area contributed by atoms with Crippen LogP contribution < -0.4 is 14.8 Å². The van der Waals surface area contributed by atoms with Crippen LogP contribution >= 0.6 is 0 Å². The van der Waals surface area contributed by atoms with Crippen LogP contribution in [0, 0.1) is 17.2 Å². The minimum atomic E-state index is 0.0559. The first-order valence-electron chi connectivity index (χ1n) is 5.38. The third-order valence-corrected chi connectivity index (χ3v) is 3.20. The van der Waals surface area contributed by atoms with Crippen LogP contribution in [-0.2, 0) is 0 Å². The maximum absolute atomic E-state index is 9.05. The lowest BCUT2D eigenvalue weighted by molar-refractivity contribution is 0.174. The largest absolute Gasteiger partial charge is 0.454 e. The summed E-state index contributed by atoms with van der Waals surface area (Å²) in [6.07, 6.45) is 0. The van der Waals surface area contributed by atoms with Crippen molar-refractivity contribution in [3.63, 3.8) is 0 Å². The molecule has 1 aromatic rings. The molecule has 2 aliphatic heterocycles. The predicted octanol–water partition coefficient (Wildman–Crippen LogP) is 1.24. The number of nitrogens with zero attached hydrogens (tertiary/aromatic N) is 1. The van der Waals surface area contributed by atoms with Crippen molar-refractivity contribution in [3.8, 4) is 17.6 Å². The van der Waals surface area contributed by atoms with Gasteiger partial charge in [-0.25, -0.2) is 0 Å². The molecule has 4 nitrogen and oxygen atoms in total. The summed E-state index contributed by atoms with van der Waals surface area (Å²) in [6, 6.07) is 8.28. The van der Waals surface area contributed by atoms with Crippen molar-refractivity contribution in [2.24, 2.45) is 5.92 Å². The molecule has 0 spiro atoms. The van der Waals surface area contributed by atoms with E-state index in [0.29, 0.717) is 6.79 Å². The van der Waals surface area contributed by atoms with Crippen molar-refractivity contribution in [1.82, 2.24) is 5.32 Å². The Bertz CT molecular complexity index is 453. The van der Waals surface area contributed by atoms with Gasteiger partial charge in [0.25, 0.3) is 0 Å². The predicted molar refractivity (Wildman–Crippen MR) is 57.3 cm³/mol. The van der Waals surface area contributed by atoms with Crippen molar-refractivity contribution < 1.29 is 9.47 Å². The van der Waals surface area contributed by atoms with Gasteiger partial charge in [0.15, 0.2) is 11.5 Å². The summed E-state index contributed by atoms with van der Waals surface area (Å²) in [5.74, 6) is 1.91. The van der Waals surface area contributed by atoms with Gasteiger partial charge in [-0.05, 0) is 17.7 Å². The van der Waals surface area contributed by atoms with Crippen LogP contribution in [0.1, 0.15) is 11.5 Å². The van der Waals surface area contributed by atoms with Crippen LogP contribution in [0.2, 0.25) is 0 Å². The van der Waals surface area contributed by atoms with E-state index < -0.39 is 0 Å². The number of fused-ring (bicyclic) bond motifs is 1. The minimum absolute atomic E-state index is 0.0559. The number of nitriles is 1. The molecule has 2 aliphatic rings. The summed E-state index contributed by atoms with van der Waals surface area (Å²) in [5, 5.41) is 12.3. The van der Waals surface area contributed by atoms with Crippen molar-refractivity contribution in [3.05, 3.63) is 23.8 Å². The standard InChI is InChI=1S/C12H12N2O2/c13-4-9-5-14-6-10(9)8-1-2-11-12(3-8)16-7-15-11/h1-3,9-10,14H,5-7H2. The van der Waals surface area contributed by atoms with Crippen LogP contribution in [0.25, 0.3) is 0 Å². The molecule has 2 unspecified atom stereocenters. The zero-order valence-electron chi connectivity index (χ0n) is 8.77. The van der Waals surface area contributed by atoms with Gasteiger partial charge in [-0.15, -0.1) is 0 Å². The Balaban J connectivity index is 1.92. The van der Waals surface area contributed by atoms with Gasteiger partial charge in [-0.2, -0.15) is 5.26 Å². The third-order valence-electron chi connectivity index (χ3n) is 3.20. The molecule has 4 heteroatoms. The van der Waals surface area contributed by atoms with Crippen molar-refractivity contribution in [1.29, 1.82) is 5.26 Å². The van der Waals surface area contributed by atoms with E-state index in [1.165, 1.54) is 0 Å². The number of nitrogens with one attached hydrogen (secondary N) is 1. The maximum Gasteiger partial charge on any atom is 0.231 e. The Labute approximate surface area is 93.8 Å². The Morgan fingerprint density at radius 2 is 2.12 bits per heavy atom. The minimum Gasteiger partial charge on any atom is -0.454 e. The SMILES string of the molecule is N#CC1CNCC1c1ccc2c(c1)OCO2. The molecule has 1 saturated heterocycles. The molecule has 0 radical (unpaired) electrons. The molecule has 2 heterocycles. The van der Waals surface area contributed by atoms with E-state index in [4.69, 9.17) is 14.7 Å². The van der Waals surface area contributed by atoms with Gasteiger partial charge < -0.3 is 14.8 Å². The lowest BCUT2D eigenvalue weighted by atomic mass is 9.90. The van der Waals surface area contributed by atoms with Crippen molar-refractivity contribution in [2.75, 3.05) is 19.9 Å². The van der Waals surface area contributed by atoms with Crippen LogP contribution in [0.4, 0.5) is 0 Å². The van der Waals surface area contributed by atoms with E-state index >= 15 is 0 Å². The highest BCUT2D eigenvalue weighted by Crippen LogP contribution is 2.37. The lowest BCUT2D eigenvalue weighted by Gasteiger charge is -2.12. The highest BCUT2D eigenvalue weighted by Gasteiger charge is 2.29. The van der Waals surface area contributed by atoms with Crippen LogP contribution in [0.3, 0.4) is 0 Å². The number of ether oxygens (including phenoxy) is 2. The molecule has 0 aromatic heterocycles. The zero-order valence-corrected chi connectivity index (χ0v) is 8.77. The first-order valence-corrected chi connectivity index (χ1v) is 5.38. The summed E-state index contributed by atoms with van der Waals surface area (Å²) < 4.78 is 10.6. The summed E-state index contributed by atoms with van der Waals surface area (Å²) in [7, 11) is 0. The molecule has 0 saturated carbocycles. The Morgan fingerprint density at radius 1 is 1.25 bits per heavy atom. The molecule has 0 bridgehead atoms. The molecular formula is C12H12N2O2. The smallest absolute Gasteiger partial charge is 0.231 e. The van der Waals surface area contributed by atoms with E-state index in [1.54, 1.807) is 0 Å². The summed E-state index contributed by atoms with van der Waals surface area (Å²) in [5.41, 5.74) is 1.15. The second-order valence-electron chi connectivity index (χ2n) is 4.11. The molecular weight excluding hydrogens is 204 g/mol. The highest BCUT2D eigenvalue weighted by atomic mass is 16.7. The fourth-order valence-electron chi connectivity index (χ4n) is 2.31. The zero-order chi connectivity index (χ0) is 11.0. The van der Waals surface area contributed by atoms with Crippen LogP contribution in [0.15, 0.2) is 18.2 Å². The second kappa shape index (κ2) is 3.69. The third kappa shape index (κ3) is 1.41. The van der Waals surface area contributed by atoms with E-state index in [9.17, 15) is 0 Å². The van der Waals surface area contributed by atoms with Gasteiger partial charge in [-0.3, -0.25) is 0 Å². The quantitative estimate of drug-likeness (QED) is 0.767. The average Bonchev–Trinajstić information content (AvgIpc) is 2.96. The van der Waals surface area contributed by atoms with E-state index in [2.05, 4.69) is 11.4 Å². The molecule has 16 heavy (non-hydrogen) atoms. The Morgan fingerprint density at radius 3 is 3.00 bits per heavy atom. The van der Waals surface area contributed by atoms with Crippen LogP contribution in [-0.4, -0.2) is 19.9 Å². The molecule has 0 aliphatic carbocycles. The first kappa shape index (κ1) is 9.49. The van der Waals surface area contributed by atoms with Gasteiger partial charge in [-0.1, -0.05) is 6.07 Å². The normalized spacial score (nSPS) is 26.7. The summed E-state index contributed by atoms with van der Waals surface area (Å²) >= 11 is 0. The van der Waals surface area contributed by atoms with Gasteiger partial charge >= 0.3 is 0 Å². The summed E-state index contributed by atoms with van der Waals surface area (Å²) in [4.78, 5) is 0. The van der Waals surface area contributed by atoms with Crippen molar-refractivity contribution >= 4 is 0 Å². The van der Waals surface area contributed by atoms with Gasteiger partial charge in [0, 0.05) is 19.0 Å². The van der Waals surface area contributed by atoms with E-state index in [0.717, 1.165) is 30.2 Å².